The zero-order valence-electron chi connectivity index (χ0n) is 11.7. The molecule has 0 aromatic heterocycles. The molecule has 1 fully saturated rings. The highest BCUT2D eigenvalue weighted by Gasteiger charge is 2.18. The Morgan fingerprint density at radius 3 is 2.67 bits per heavy atom. The van der Waals surface area contributed by atoms with Crippen LogP contribution in [0, 0.1) is 0 Å². The summed E-state index contributed by atoms with van der Waals surface area (Å²) in [6.45, 7) is 1.28. The molecule has 0 atom stereocenters. The van der Waals surface area contributed by atoms with Gasteiger partial charge in [-0.2, -0.15) is 0 Å². The molecular weight excluding hydrogens is 272 g/mol. The number of nitrogens with one attached hydrogen (secondary N) is 1. The Labute approximate surface area is 123 Å². The van der Waals surface area contributed by atoms with Crippen LogP contribution in [-0.2, 0) is 9.59 Å². The van der Waals surface area contributed by atoms with Gasteiger partial charge >= 0.3 is 0 Å². The van der Waals surface area contributed by atoms with Crippen LogP contribution in [-0.4, -0.2) is 49.2 Å². The van der Waals surface area contributed by atoms with Gasteiger partial charge in [0.1, 0.15) is 5.75 Å². The summed E-state index contributed by atoms with van der Waals surface area (Å²) in [5.74, 6) is -0.106. The zero-order chi connectivity index (χ0) is 15.1. The highest BCUT2D eigenvalue weighted by molar-refractivity contribution is 5.85. The van der Waals surface area contributed by atoms with E-state index in [1.807, 2.05) is 0 Å². The number of hydrogen-bond acceptors (Lipinski definition) is 4. The van der Waals surface area contributed by atoms with Gasteiger partial charge in [-0.05, 0) is 25.0 Å². The molecule has 6 nitrogen and oxygen atoms in total. The first-order chi connectivity index (χ1) is 10.2. The third kappa shape index (κ3) is 4.30. The van der Waals surface area contributed by atoms with E-state index in [1.165, 1.54) is 0 Å². The fraction of sp³-hybridized carbons (Fsp3) is 0.400. The van der Waals surface area contributed by atoms with E-state index in [-0.39, 0.29) is 25.0 Å². The fourth-order valence-corrected chi connectivity index (χ4v) is 2.16. The van der Waals surface area contributed by atoms with Gasteiger partial charge in [-0.15, -0.1) is 0 Å². The minimum absolute atomic E-state index is 0.0163. The molecule has 1 N–H and O–H groups in total. The lowest BCUT2D eigenvalue weighted by atomic mass is 10.2. The van der Waals surface area contributed by atoms with Crippen LogP contribution >= 0.6 is 0 Å². The number of amides is 2. The van der Waals surface area contributed by atoms with Crippen LogP contribution < -0.4 is 10.1 Å². The fourth-order valence-electron chi connectivity index (χ4n) is 2.16. The maximum atomic E-state index is 11.7. The van der Waals surface area contributed by atoms with Crippen LogP contribution in [0.5, 0.6) is 5.75 Å². The van der Waals surface area contributed by atoms with Crippen molar-refractivity contribution in [1.82, 2.24) is 10.2 Å². The van der Waals surface area contributed by atoms with Gasteiger partial charge in [-0.25, -0.2) is 0 Å². The monoisotopic (exact) mass is 290 g/mol. The number of benzene rings is 1. The lowest BCUT2D eigenvalue weighted by Crippen LogP contribution is -2.40. The van der Waals surface area contributed by atoms with Crippen molar-refractivity contribution < 1.29 is 19.1 Å². The molecule has 1 aliphatic rings. The molecule has 1 heterocycles. The molecule has 21 heavy (non-hydrogen) atoms. The van der Waals surface area contributed by atoms with Crippen molar-refractivity contribution in [3.63, 3.8) is 0 Å². The minimum Gasteiger partial charge on any atom is -0.483 e. The molecule has 6 heteroatoms. The van der Waals surface area contributed by atoms with Gasteiger partial charge in [0.2, 0.25) is 5.91 Å². The maximum Gasteiger partial charge on any atom is 0.258 e. The summed E-state index contributed by atoms with van der Waals surface area (Å²) >= 11 is 0. The van der Waals surface area contributed by atoms with E-state index in [4.69, 9.17) is 4.74 Å². The molecule has 0 unspecified atom stereocenters. The van der Waals surface area contributed by atoms with Crippen molar-refractivity contribution in [1.29, 1.82) is 0 Å². The summed E-state index contributed by atoms with van der Waals surface area (Å²) < 4.78 is 5.28. The van der Waals surface area contributed by atoms with Crippen LogP contribution in [0.2, 0.25) is 0 Å². The Morgan fingerprint density at radius 2 is 1.95 bits per heavy atom. The number of ether oxygens (including phenoxy) is 1. The first-order valence-corrected chi connectivity index (χ1v) is 6.92. The molecule has 1 aromatic carbocycles. The van der Waals surface area contributed by atoms with E-state index < -0.39 is 0 Å². The number of carbonyl (C=O) groups is 3. The number of carbonyl (C=O) groups excluding carboxylic acids is 3. The molecule has 1 aliphatic heterocycles. The predicted molar refractivity (Wildman–Crippen MR) is 76.1 cm³/mol. The largest absolute Gasteiger partial charge is 0.483 e. The Morgan fingerprint density at radius 1 is 1.24 bits per heavy atom. The quantitative estimate of drug-likeness (QED) is 0.779. The molecule has 112 valence electrons. The summed E-state index contributed by atoms with van der Waals surface area (Å²) in [5.41, 5.74) is 0.387. The van der Waals surface area contributed by atoms with E-state index in [9.17, 15) is 14.4 Å². The van der Waals surface area contributed by atoms with E-state index >= 15 is 0 Å². The van der Waals surface area contributed by atoms with E-state index in [0.717, 1.165) is 25.9 Å². The van der Waals surface area contributed by atoms with Gasteiger partial charge in [0, 0.05) is 13.1 Å². The third-order valence-electron chi connectivity index (χ3n) is 3.30. The van der Waals surface area contributed by atoms with Crippen LogP contribution in [0.1, 0.15) is 23.2 Å². The molecule has 2 amide bonds. The zero-order valence-corrected chi connectivity index (χ0v) is 11.7. The van der Waals surface area contributed by atoms with E-state index in [1.54, 1.807) is 29.2 Å². The van der Waals surface area contributed by atoms with Gasteiger partial charge in [0.15, 0.2) is 12.9 Å². The molecule has 0 bridgehead atoms. The van der Waals surface area contributed by atoms with Crippen molar-refractivity contribution in [2.75, 3.05) is 26.2 Å². The van der Waals surface area contributed by atoms with Gasteiger partial charge in [0.25, 0.3) is 5.91 Å². The molecule has 2 rings (SSSR count). The standard InChI is InChI=1S/C15H18N2O4/c18-10-12-5-1-2-6-13(12)21-11-14(19)16-9-15(20)17-7-3-4-8-17/h1-2,5-6,10H,3-4,7-9,11H2,(H,16,19). The highest BCUT2D eigenvalue weighted by atomic mass is 16.5. The number of para-hydroxylation sites is 1. The van der Waals surface area contributed by atoms with Gasteiger partial charge in [-0.3, -0.25) is 14.4 Å². The number of nitrogens with zero attached hydrogens (tertiary/aromatic N) is 1. The molecule has 1 aromatic rings. The Kier molecular flexibility index (Phi) is 5.31. The van der Waals surface area contributed by atoms with E-state index in [2.05, 4.69) is 5.32 Å². The molecule has 0 saturated carbocycles. The summed E-state index contributed by atoms with van der Waals surface area (Å²) in [5, 5.41) is 2.52. The first kappa shape index (κ1) is 15.0. The number of hydrogen-bond donors (Lipinski definition) is 1. The smallest absolute Gasteiger partial charge is 0.258 e. The Bertz CT molecular complexity index is 524. The second kappa shape index (κ2) is 7.42. The average molecular weight is 290 g/mol. The maximum absolute atomic E-state index is 11.7. The third-order valence-corrected chi connectivity index (χ3v) is 3.30. The molecule has 0 spiro atoms. The summed E-state index contributed by atoms with van der Waals surface area (Å²) in [7, 11) is 0. The summed E-state index contributed by atoms with van der Waals surface area (Å²) in [6, 6.07) is 6.66. The summed E-state index contributed by atoms with van der Waals surface area (Å²) in [4.78, 5) is 35.9. The van der Waals surface area contributed by atoms with Crippen LogP contribution in [0.4, 0.5) is 0 Å². The van der Waals surface area contributed by atoms with Gasteiger partial charge in [-0.1, -0.05) is 12.1 Å². The normalized spacial score (nSPS) is 13.8. The topological polar surface area (TPSA) is 75.7 Å². The lowest BCUT2D eigenvalue weighted by Gasteiger charge is -2.15. The number of aldehydes is 1. The lowest BCUT2D eigenvalue weighted by molar-refractivity contribution is -0.132. The Balaban J connectivity index is 1.74. The predicted octanol–water partition coefficient (Wildman–Crippen LogP) is 0.616. The van der Waals surface area contributed by atoms with Crippen molar-refractivity contribution in [3.8, 4) is 5.75 Å². The second-order valence-electron chi connectivity index (χ2n) is 4.81. The first-order valence-electron chi connectivity index (χ1n) is 6.92. The molecule has 0 radical (unpaired) electrons. The van der Waals surface area contributed by atoms with Crippen molar-refractivity contribution in [2.45, 2.75) is 12.8 Å². The van der Waals surface area contributed by atoms with Crippen LogP contribution in [0.3, 0.4) is 0 Å². The van der Waals surface area contributed by atoms with Gasteiger partial charge in [0.05, 0.1) is 12.1 Å². The van der Waals surface area contributed by atoms with Gasteiger partial charge < -0.3 is 15.0 Å². The average Bonchev–Trinajstić information content (AvgIpc) is 3.05. The molecule has 0 aliphatic carbocycles. The second-order valence-corrected chi connectivity index (χ2v) is 4.81. The van der Waals surface area contributed by atoms with Crippen molar-refractivity contribution >= 4 is 18.1 Å². The Hall–Kier alpha value is -2.37. The highest BCUT2D eigenvalue weighted by Crippen LogP contribution is 2.15. The molecule has 1 saturated heterocycles. The van der Waals surface area contributed by atoms with E-state index in [0.29, 0.717) is 17.6 Å². The van der Waals surface area contributed by atoms with Crippen molar-refractivity contribution in [3.05, 3.63) is 29.8 Å². The number of rotatable bonds is 6. The molecular formula is C15H18N2O4. The minimum atomic E-state index is -0.386. The van der Waals surface area contributed by atoms with Crippen LogP contribution in [0.15, 0.2) is 24.3 Å². The number of likely N-dealkylation sites (tertiary alicyclic amines) is 1. The van der Waals surface area contributed by atoms with Crippen LogP contribution in [0.25, 0.3) is 0 Å². The summed E-state index contributed by atoms with van der Waals surface area (Å²) in [6.07, 6.45) is 2.71. The SMILES string of the molecule is O=Cc1ccccc1OCC(=O)NCC(=O)N1CCCC1. The van der Waals surface area contributed by atoms with Crippen molar-refractivity contribution in [2.24, 2.45) is 0 Å².